The van der Waals surface area contributed by atoms with E-state index in [0.29, 0.717) is 32.9 Å². The molecule has 8 nitrogen and oxygen atoms in total. The van der Waals surface area contributed by atoms with Crippen molar-refractivity contribution in [2.24, 2.45) is 5.73 Å². The molecule has 1 aliphatic rings. The van der Waals surface area contributed by atoms with Gasteiger partial charge in [0.05, 0.1) is 24.7 Å². The number of ether oxygens (including phenoxy) is 3. The van der Waals surface area contributed by atoms with Crippen LogP contribution in [-0.4, -0.2) is 81.5 Å². The molecule has 2 amide bonds. The van der Waals surface area contributed by atoms with Crippen LogP contribution in [-0.2, 0) is 20.8 Å². The highest BCUT2D eigenvalue weighted by atomic mass is 32.1. The molecule has 1 atom stereocenters. The average Bonchev–Trinajstić information content (AvgIpc) is 3.41. The van der Waals surface area contributed by atoms with Gasteiger partial charge in [-0.05, 0) is 36.1 Å². The Labute approximate surface area is 199 Å². The SMILES string of the molecule is COCCOCCOC(=O)N(C)Cc1ccc(-c2cc(C)c(C(=O)N3CC[C@H](N)C3)s2)cc1. The molecule has 1 aromatic carbocycles. The number of nitrogens with zero attached hydrogens (tertiary/aromatic N) is 2. The van der Waals surface area contributed by atoms with Gasteiger partial charge in [0.2, 0.25) is 0 Å². The van der Waals surface area contributed by atoms with E-state index in [1.54, 1.807) is 14.2 Å². The number of hydrogen-bond donors (Lipinski definition) is 1. The normalized spacial score (nSPS) is 15.6. The van der Waals surface area contributed by atoms with Gasteiger partial charge in [-0.1, -0.05) is 24.3 Å². The Morgan fingerprint density at radius 2 is 1.91 bits per heavy atom. The predicted molar refractivity (Wildman–Crippen MR) is 128 cm³/mol. The second-order valence-corrected chi connectivity index (χ2v) is 9.25. The number of benzene rings is 1. The third-order valence-electron chi connectivity index (χ3n) is 5.48. The summed E-state index contributed by atoms with van der Waals surface area (Å²) in [7, 11) is 3.31. The number of rotatable bonds is 10. The number of carbonyl (C=O) groups is 2. The first-order valence-electron chi connectivity index (χ1n) is 11.1. The van der Waals surface area contributed by atoms with E-state index in [0.717, 1.165) is 39.4 Å². The quantitative estimate of drug-likeness (QED) is 0.531. The molecule has 0 bridgehead atoms. The molecule has 1 aromatic heterocycles. The van der Waals surface area contributed by atoms with Crippen molar-refractivity contribution in [3.8, 4) is 10.4 Å². The molecule has 0 unspecified atom stereocenters. The Morgan fingerprint density at radius 1 is 1.18 bits per heavy atom. The van der Waals surface area contributed by atoms with Gasteiger partial charge in [-0.15, -0.1) is 11.3 Å². The lowest BCUT2D eigenvalue weighted by Gasteiger charge is -2.17. The zero-order valence-electron chi connectivity index (χ0n) is 19.5. The van der Waals surface area contributed by atoms with E-state index in [2.05, 4.69) is 6.07 Å². The molecule has 33 heavy (non-hydrogen) atoms. The molecule has 2 N–H and O–H groups in total. The van der Waals surface area contributed by atoms with E-state index in [1.807, 2.05) is 36.1 Å². The van der Waals surface area contributed by atoms with Crippen molar-refractivity contribution >= 4 is 23.3 Å². The Kier molecular flexibility index (Phi) is 9.25. The molecule has 2 heterocycles. The second kappa shape index (κ2) is 12.1. The van der Waals surface area contributed by atoms with Crippen molar-refractivity contribution in [2.75, 3.05) is 53.7 Å². The van der Waals surface area contributed by atoms with Crippen LogP contribution in [0.2, 0.25) is 0 Å². The molecule has 3 rings (SSSR count). The van der Waals surface area contributed by atoms with Gasteiger partial charge in [0, 0.05) is 44.7 Å². The number of nitrogens with two attached hydrogens (primary N) is 1. The first kappa shape index (κ1) is 25.2. The van der Waals surface area contributed by atoms with E-state index < -0.39 is 6.09 Å². The zero-order valence-corrected chi connectivity index (χ0v) is 20.4. The van der Waals surface area contributed by atoms with Crippen molar-refractivity contribution in [2.45, 2.75) is 25.9 Å². The molecule has 0 saturated carbocycles. The number of amides is 2. The van der Waals surface area contributed by atoms with E-state index in [4.69, 9.17) is 19.9 Å². The fourth-order valence-corrected chi connectivity index (χ4v) is 4.75. The smallest absolute Gasteiger partial charge is 0.409 e. The highest BCUT2D eigenvalue weighted by Crippen LogP contribution is 2.33. The Balaban J connectivity index is 1.53. The Hall–Kier alpha value is -2.46. The molecule has 0 aliphatic carbocycles. The van der Waals surface area contributed by atoms with Crippen LogP contribution in [0.3, 0.4) is 0 Å². The van der Waals surface area contributed by atoms with Crippen molar-refractivity contribution in [1.82, 2.24) is 9.80 Å². The van der Waals surface area contributed by atoms with Crippen LogP contribution < -0.4 is 5.73 Å². The van der Waals surface area contributed by atoms with Crippen LogP contribution in [0.25, 0.3) is 10.4 Å². The second-order valence-electron chi connectivity index (χ2n) is 8.20. The maximum absolute atomic E-state index is 12.9. The van der Waals surface area contributed by atoms with Gasteiger partial charge in [0.25, 0.3) is 5.91 Å². The van der Waals surface area contributed by atoms with Crippen LogP contribution in [0.5, 0.6) is 0 Å². The number of aryl methyl sites for hydroxylation is 1. The lowest BCUT2D eigenvalue weighted by molar-refractivity contribution is 0.0345. The molecule has 180 valence electrons. The molecule has 1 saturated heterocycles. The number of carbonyl (C=O) groups excluding carboxylic acids is 2. The summed E-state index contributed by atoms with van der Waals surface area (Å²) in [5.41, 5.74) is 8.98. The summed E-state index contributed by atoms with van der Waals surface area (Å²) in [4.78, 5) is 30.2. The summed E-state index contributed by atoms with van der Waals surface area (Å²) in [6, 6.07) is 10.1. The first-order chi connectivity index (χ1) is 15.9. The van der Waals surface area contributed by atoms with Gasteiger partial charge < -0.3 is 29.7 Å². The summed E-state index contributed by atoms with van der Waals surface area (Å²) in [5, 5.41) is 0. The van der Waals surface area contributed by atoms with E-state index in [1.165, 1.54) is 16.2 Å². The van der Waals surface area contributed by atoms with Crippen LogP contribution in [0.1, 0.15) is 27.2 Å². The fourth-order valence-electron chi connectivity index (χ4n) is 3.61. The van der Waals surface area contributed by atoms with Crippen molar-refractivity contribution in [3.63, 3.8) is 0 Å². The standard InChI is InChI=1S/C24H33N3O5S/c1-17-14-21(33-22(17)23(28)27-9-8-20(25)16-27)19-6-4-18(5-7-19)15-26(2)24(29)32-13-12-31-11-10-30-3/h4-7,14,20H,8-13,15-16,25H2,1-3H3/t20-/m0/s1. The van der Waals surface area contributed by atoms with Crippen LogP contribution in [0.4, 0.5) is 4.79 Å². The predicted octanol–water partition coefficient (Wildman–Crippen LogP) is 3.13. The minimum atomic E-state index is -0.395. The summed E-state index contributed by atoms with van der Waals surface area (Å²) in [6.07, 6.45) is 0.460. The highest BCUT2D eigenvalue weighted by Gasteiger charge is 2.27. The third kappa shape index (κ3) is 7.01. The molecule has 1 fully saturated rings. The molecular formula is C24H33N3O5S. The van der Waals surface area contributed by atoms with Gasteiger partial charge in [-0.3, -0.25) is 4.79 Å². The fraction of sp³-hybridized carbons (Fsp3) is 0.500. The van der Waals surface area contributed by atoms with Crippen LogP contribution in [0, 0.1) is 6.92 Å². The van der Waals surface area contributed by atoms with Gasteiger partial charge >= 0.3 is 6.09 Å². The number of likely N-dealkylation sites (tertiary alicyclic amines) is 1. The van der Waals surface area contributed by atoms with Gasteiger partial charge in [-0.2, -0.15) is 0 Å². The Bertz CT molecular complexity index is 931. The van der Waals surface area contributed by atoms with Crippen LogP contribution >= 0.6 is 11.3 Å². The minimum absolute atomic E-state index is 0.0672. The molecule has 9 heteroatoms. The zero-order chi connectivity index (χ0) is 23.8. The van der Waals surface area contributed by atoms with Crippen molar-refractivity contribution in [1.29, 1.82) is 0 Å². The molecule has 2 aromatic rings. The lowest BCUT2D eigenvalue weighted by Crippen LogP contribution is -2.31. The average molecular weight is 476 g/mol. The largest absolute Gasteiger partial charge is 0.447 e. The number of methoxy groups -OCH3 is 1. The maximum atomic E-state index is 12.9. The third-order valence-corrected chi connectivity index (χ3v) is 6.75. The summed E-state index contributed by atoms with van der Waals surface area (Å²) < 4.78 is 15.4. The number of hydrogen-bond acceptors (Lipinski definition) is 7. The van der Waals surface area contributed by atoms with Gasteiger partial charge in [-0.25, -0.2) is 4.79 Å². The molecule has 0 radical (unpaired) electrons. The van der Waals surface area contributed by atoms with Gasteiger partial charge in [0.15, 0.2) is 0 Å². The van der Waals surface area contributed by atoms with Crippen molar-refractivity contribution < 1.29 is 23.8 Å². The summed E-state index contributed by atoms with van der Waals surface area (Å²) in [6.45, 7) is 5.28. The summed E-state index contributed by atoms with van der Waals surface area (Å²) in [5.74, 6) is 0.0672. The number of thiophene rings is 1. The van der Waals surface area contributed by atoms with Crippen LogP contribution in [0.15, 0.2) is 30.3 Å². The van der Waals surface area contributed by atoms with E-state index in [9.17, 15) is 9.59 Å². The van der Waals surface area contributed by atoms with Gasteiger partial charge in [0.1, 0.15) is 6.61 Å². The lowest BCUT2D eigenvalue weighted by atomic mass is 10.1. The monoisotopic (exact) mass is 475 g/mol. The molecule has 1 aliphatic heterocycles. The topological polar surface area (TPSA) is 94.3 Å². The Morgan fingerprint density at radius 3 is 2.58 bits per heavy atom. The van der Waals surface area contributed by atoms with Crippen molar-refractivity contribution in [3.05, 3.63) is 46.3 Å². The maximum Gasteiger partial charge on any atom is 0.409 e. The first-order valence-corrected chi connectivity index (χ1v) is 11.9. The van der Waals surface area contributed by atoms with E-state index in [-0.39, 0.29) is 18.6 Å². The highest BCUT2D eigenvalue weighted by molar-refractivity contribution is 7.17. The molecule has 0 spiro atoms. The molecular weight excluding hydrogens is 442 g/mol. The minimum Gasteiger partial charge on any atom is -0.447 e. The summed E-state index contributed by atoms with van der Waals surface area (Å²) >= 11 is 1.51. The van der Waals surface area contributed by atoms with E-state index >= 15 is 0 Å².